The van der Waals surface area contributed by atoms with E-state index in [4.69, 9.17) is 27.9 Å². The molecule has 5 heteroatoms. The van der Waals surface area contributed by atoms with Gasteiger partial charge in [0.05, 0.1) is 0 Å². The van der Waals surface area contributed by atoms with E-state index in [1.165, 1.54) is 7.11 Å². The van der Waals surface area contributed by atoms with Crippen LogP contribution in [0.1, 0.15) is 10.4 Å². The molecular formula is C10H11Cl2NO2. The zero-order valence-corrected chi connectivity index (χ0v) is 9.63. The SMILES string of the molecule is CO[C@@H](NC(=O)c1ccccc1)C(Cl)Cl. The first-order valence-corrected chi connectivity index (χ1v) is 5.19. The number of hydrogen-bond acceptors (Lipinski definition) is 2. The highest BCUT2D eigenvalue weighted by Gasteiger charge is 2.18. The summed E-state index contributed by atoms with van der Waals surface area (Å²) in [4.78, 5) is 10.8. The number of carbonyl (C=O) groups is 1. The average Bonchev–Trinajstić information content (AvgIpc) is 2.26. The number of methoxy groups -OCH3 is 1. The molecule has 3 nitrogen and oxygen atoms in total. The fraction of sp³-hybridized carbons (Fsp3) is 0.300. The maximum atomic E-state index is 11.6. The van der Waals surface area contributed by atoms with Crippen molar-refractivity contribution in [3.05, 3.63) is 35.9 Å². The van der Waals surface area contributed by atoms with Crippen LogP contribution in [0.2, 0.25) is 0 Å². The van der Waals surface area contributed by atoms with Crippen LogP contribution in [-0.4, -0.2) is 24.1 Å². The summed E-state index contributed by atoms with van der Waals surface area (Å²) in [7, 11) is 1.42. The molecule has 0 heterocycles. The van der Waals surface area contributed by atoms with Crippen LogP contribution >= 0.6 is 23.2 Å². The van der Waals surface area contributed by atoms with E-state index in [-0.39, 0.29) is 5.91 Å². The lowest BCUT2D eigenvalue weighted by atomic mass is 10.2. The van der Waals surface area contributed by atoms with Gasteiger partial charge in [-0.2, -0.15) is 0 Å². The Balaban J connectivity index is 2.63. The lowest BCUT2D eigenvalue weighted by Crippen LogP contribution is -2.40. The molecule has 82 valence electrons. The number of nitrogens with one attached hydrogen (secondary N) is 1. The second kappa shape index (κ2) is 5.95. The van der Waals surface area contributed by atoms with Gasteiger partial charge in [-0.1, -0.05) is 18.2 Å². The minimum absolute atomic E-state index is 0.270. The summed E-state index contributed by atoms with van der Waals surface area (Å²) in [6.45, 7) is 0. The Kier molecular flexibility index (Phi) is 4.88. The third kappa shape index (κ3) is 3.70. The van der Waals surface area contributed by atoms with Crippen molar-refractivity contribution in [1.82, 2.24) is 5.32 Å². The number of hydrogen-bond donors (Lipinski definition) is 1. The van der Waals surface area contributed by atoms with Gasteiger partial charge < -0.3 is 10.1 Å². The standard InChI is InChI=1S/C10H11Cl2NO2/c1-15-10(8(11)12)13-9(14)7-5-3-2-4-6-7/h2-6,8,10H,1H3,(H,13,14)/t10-/m1/s1. The molecule has 1 amide bonds. The molecule has 1 rings (SSSR count). The van der Waals surface area contributed by atoms with Crippen LogP contribution in [0.4, 0.5) is 0 Å². The van der Waals surface area contributed by atoms with Gasteiger partial charge in [0.1, 0.15) is 0 Å². The monoisotopic (exact) mass is 247 g/mol. The van der Waals surface area contributed by atoms with E-state index in [2.05, 4.69) is 5.32 Å². The van der Waals surface area contributed by atoms with Crippen LogP contribution in [0.25, 0.3) is 0 Å². The number of amides is 1. The van der Waals surface area contributed by atoms with Crippen molar-refractivity contribution in [3.63, 3.8) is 0 Å². The number of carbonyl (C=O) groups excluding carboxylic acids is 1. The van der Waals surface area contributed by atoms with Crippen molar-refractivity contribution in [3.8, 4) is 0 Å². The third-order valence-corrected chi connectivity index (χ3v) is 2.25. The molecule has 0 aromatic heterocycles. The van der Waals surface area contributed by atoms with Gasteiger partial charge in [0, 0.05) is 12.7 Å². The molecule has 0 saturated heterocycles. The number of ether oxygens (including phenoxy) is 1. The quantitative estimate of drug-likeness (QED) is 0.655. The van der Waals surface area contributed by atoms with Crippen molar-refractivity contribution in [2.75, 3.05) is 7.11 Å². The van der Waals surface area contributed by atoms with Gasteiger partial charge >= 0.3 is 0 Å². The van der Waals surface area contributed by atoms with E-state index in [9.17, 15) is 4.79 Å². The van der Waals surface area contributed by atoms with E-state index in [1.54, 1.807) is 24.3 Å². The first kappa shape index (κ1) is 12.3. The number of rotatable bonds is 4. The molecular weight excluding hydrogens is 237 g/mol. The summed E-state index contributed by atoms with van der Waals surface area (Å²) in [6.07, 6.45) is -0.707. The highest BCUT2D eigenvalue weighted by atomic mass is 35.5. The fourth-order valence-corrected chi connectivity index (χ4v) is 1.36. The lowest BCUT2D eigenvalue weighted by molar-refractivity contribution is 0.0636. The van der Waals surface area contributed by atoms with Crippen molar-refractivity contribution >= 4 is 29.1 Å². The smallest absolute Gasteiger partial charge is 0.253 e. The summed E-state index contributed by atoms with van der Waals surface area (Å²) < 4.78 is 4.91. The Morgan fingerprint density at radius 3 is 2.40 bits per heavy atom. The molecule has 15 heavy (non-hydrogen) atoms. The van der Waals surface area contributed by atoms with Crippen molar-refractivity contribution in [2.45, 2.75) is 11.1 Å². The topological polar surface area (TPSA) is 38.3 Å². The Morgan fingerprint density at radius 1 is 1.33 bits per heavy atom. The first-order valence-electron chi connectivity index (χ1n) is 4.32. The van der Waals surface area contributed by atoms with Crippen molar-refractivity contribution < 1.29 is 9.53 Å². The summed E-state index contributed by atoms with van der Waals surface area (Å²) in [5.74, 6) is -0.270. The normalized spacial score (nSPS) is 12.5. The second-order valence-electron chi connectivity index (χ2n) is 2.83. The maximum Gasteiger partial charge on any atom is 0.253 e. The zero-order chi connectivity index (χ0) is 11.3. The molecule has 1 aromatic rings. The number of halogens is 2. The molecule has 0 aliphatic carbocycles. The average molecular weight is 248 g/mol. The predicted molar refractivity (Wildman–Crippen MR) is 60.2 cm³/mol. The van der Waals surface area contributed by atoms with Crippen LogP contribution in [0.5, 0.6) is 0 Å². The van der Waals surface area contributed by atoms with Gasteiger partial charge in [0.15, 0.2) is 11.1 Å². The molecule has 1 atom stereocenters. The van der Waals surface area contributed by atoms with E-state index >= 15 is 0 Å². The Morgan fingerprint density at radius 2 is 1.93 bits per heavy atom. The van der Waals surface area contributed by atoms with Crippen molar-refractivity contribution in [1.29, 1.82) is 0 Å². The van der Waals surface area contributed by atoms with Crippen LogP contribution < -0.4 is 5.32 Å². The highest BCUT2D eigenvalue weighted by Crippen LogP contribution is 2.09. The van der Waals surface area contributed by atoms with E-state index in [0.29, 0.717) is 5.56 Å². The minimum atomic E-state index is -0.803. The van der Waals surface area contributed by atoms with Crippen LogP contribution in [0.15, 0.2) is 30.3 Å². The van der Waals surface area contributed by atoms with Crippen LogP contribution in [0, 0.1) is 0 Å². The van der Waals surface area contributed by atoms with Crippen LogP contribution in [0.3, 0.4) is 0 Å². The van der Waals surface area contributed by atoms with Gasteiger partial charge in [-0.15, -0.1) is 23.2 Å². The summed E-state index contributed by atoms with van der Waals surface area (Å²) in [6, 6.07) is 8.76. The fourth-order valence-electron chi connectivity index (χ4n) is 1.03. The molecule has 0 radical (unpaired) electrons. The molecule has 0 spiro atoms. The van der Waals surface area contributed by atoms with Crippen molar-refractivity contribution in [2.24, 2.45) is 0 Å². The highest BCUT2D eigenvalue weighted by molar-refractivity contribution is 6.44. The largest absolute Gasteiger partial charge is 0.359 e. The minimum Gasteiger partial charge on any atom is -0.359 e. The first-order chi connectivity index (χ1) is 7.15. The van der Waals surface area contributed by atoms with E-state index in [0.717, 1.165) is 0 Å². The number of benzene rings is 1. The molecule has 0 fully saturated rings. The molecule has 0 bridgehead atoms. The predicted octanol–water partition coefficient (Wildman–Crippen LogP) is 2.19. The maximum absolute atomic E-state index is 11.6. The van der Waals surface area contributed by atoms with Crippen LogP contribution in [-0.2, 0) is 4.74 Å². The van der Waals surface area contributed by atoms with Gasteiger partial charge in [0.2, 0.25) is 0 Å². The second-order valence-corrected chi connectivity index (χ2v) is 3.99. The third-order valence-electron chi connectivity index (χ3n) is 1.79. The Bertz CT molecular complexity index is 316. The van der Waals surface area contributed by atoms with E-state index < -0.39 is 11.1 Å². The molecule has 0 aliphatic rings. The van der Waals surface area contributed by atoms with Gasteiger partial charge in [-0.05, 0) is 12.1 Å². The van der Waals surface area contributed by atoms with Gasteiger partial charge in [0.25, 0.3) is 5.91 Å². The molecule has 0 saturated carbocycles. The molecule has 0 aliphatic heterocycles. The van der Waals surface area contributed by atoms with Gasteiger partial charge in [-0.3, -0.25) is 4.79 Å². The summed E-state index contributed by atoms with van der Waals surface area (Å²) in [5.41, 5.74) is 0.536. The summed E-state index contributed by atoms with van der Waals surface area (Å²) >= 11 is 11.2. The van der Waals surface area contributed by atoms with E-state index in [1.807, 2.05) is 6.07 Å². The van der Waals surface area contributed by atoms with Gasteiger partial charge in [-0.25, -0.2) is 0 Å². The zero-order valence-electron chi connectivity index (χ0n) is 8.11. The lowest BCUT2D eigenvalue weighted by Gasteiger charge is -2.17. The Labute approximate surface area is 98.3 Å². The molecule has 1 N–H and O–H groups in total. The molecule has 0 unspecified atom stereocenters. The summed E-state index contributed by atoms with van der Waals surface area (Å²) in [5, 5.41) is 2.56. The Hall–Kier alpha value is -0.770. The number of alkyl halides is 2. The molecule has 1 aromatic carbocycles.